The topological polar surface area (TPSA) is 57.5 Å². The molecule has 0 radical (unpaired) electrons. The predicted octanol–water partition coefficient (Wildman–Crippen LogP) is 2.17. The van der Waals surface area contributed by atoms with Crippen LogP contribution in [0.3, 0.4) is 0 Å². The van der Waals surface area contributed by atoms with E-state index in [1.807, 2.05) is 42.1 Å². The molecule has 1 atom stereocenters. The SMILES string of the molecule is Cn1ccc2c(NC(=O)N3CCC[C@H](O)C3)cccc21. The van der Waals surface area contributed by atoms with Gasteiger partial charge in [-0.2, -0.15) is 0 Å². The van der Waals surface area contributed by atoms with Gasteiger partial charge in [0.05, 0.1) is 11.8 Å². The summed E-state index contributed by atoms with van der Waals surface area (Å²) >= 11 is 0. The van der Waals surface area contributed by atoms with Crippen LogP contribution in [0, 0.1) is 0 Å². The van der Waals surface area contributed by atoms with E-state index in [0.29, 0.717) is 13.1 Å². The first-order chi connectivity index (χ1) is 9.65. The molecule has 2 heterocycles. The zero-order chi connectivity index (χ0) is 14.1. The van der Waals surface area contributed by atoms with Crippen LogP contribution in [-0.2, 0) is 7.05 Å². The third-order valence-corrected chi connectivity index (χ3v) is 3.85. The zero-order valence-electron chi connectivity index (χ0n) is 11.5. The predicted molar refractivity (Wildman–Crippen MR) is 78.8 cm³/mol. The summed E-state index contributed by atoms with van der Waals surface area (Å²) in [6, 6.07) is 7.72. The van der Waals surface area contributed by atoms with Gasteiger partial charge >= 0.3 is 6.03 Å². The highest BCUT2D eigenvalue weighted by molar-refractivity contribution is 6.00. The Hall–Kier alpha value is -2.01. The Balaban J connectivity index is 1.80. The number of hydrogen-bond acceptors (Lipinski definition) is 2. The summed E-state index contributed by atoms with van der Waals surface area (Å²) in [6.45, 7) is 1.12. The molecule has 1 saturated heterocycles. The van der Waals surface area contributed by atoms with Crippen LogP contribution in [-0.4, -0.2) is 39.8 Å². The average Bonchev–Trinajstić information content (AvgIpc) is 2.82. The number of piperidine rings is 1. The summed E-state index contributed by atoms with van der Waals surface area (Å²) in [5, 5.41) is 13.6. The molecule has 2 amide bonds. The van der Waals surface area contributed by atoms with E-state index in [9.17, 15) is 9.90 Å². The second-order valence-corrected chi connectivity index (χ2v) is 5.34. The van der Waals surface area contributed by atoms with Crippen LogP contribution in [0.15, 0.2) is 30.5 Å². The second kappa shape index (κ2) is 5.17. The van der Waals surface area contributed by atoms with Crippen LogP contribution in [0.25, 0.3) is 10.9 Å². The molecule has 0 spiro atoms. The van der Waals surface area contributed by atoms with Crippen molar-refractivity contribution in [2.45, 2.75) is 18.9 Å². The fourth-order valence-corrected chi connectivity index (χ4v) is 2.74. The van der Waals surface area contributed by atoms with Crippen molar-refractivity contribution in [3.8, 4) is 0 Å². The number of aromatic nitrogens is 1. The molecule has 2 N–H and O–H groups in total. The van der Waals surface area contributed by atoms with E-state index < -0.39 is 6.10 Å². The molecule has 1 aromatic carbocycles. The summed E-state index contributed by atoms with van der Waals surface area (Å²) in [4.78, 5) is 13.9. The van der Waals surface area contributed by atoms with E-state index >= 15 is 0 Å². The second-order valence-electron chi connectivity index (χ2n) is 5.34. The molecular formula is C15H19N3O2. The van der Waals surface area contributed by atoms with Crippen molar-refractivity contribution in [2.24, 2.45) is 7.05 Å². The summed E-state index contributed by atoms with van der Waals surface area (Å²) in [5.74, 6) is 0. The fraction of sp³-hybridized carbons (Fsp3) is 0.400. The molecule has 0 saturated carbocycles. The van der Waals surface area contributed by atoms with Gasteiger partial charge in [-0.3, -0.25) is 0 Å². The van der Waals surface area contributed by atoms with Gasteiger partial charge in [0.2, 0.25) is 0 Å². The molecule has 2 aromatic rings. The number of nitrogens with zero attached hydrogens (tertiary/aromatic N) is 2. The maximum Gasteiger partial charge on any atom is 0.321 e. The van der Waals surface area contributed by atoms with Crippen molar-refractivity contribution in [1.82, 2.24) is 9.47 Å². The number of nitrogens with one attached hydrogen (secondary N) is 1. The van der Waals surface area contributed by atoms with Crippen molar-refractivity contribution < 1.29 is 9.90 Å². The number of aliphatic hydroxyl groups is 1. The number of hydrogen-bond donors (Lipinski definition) is 2. The number of likely N-dealkylation sites (tertiary alicyclic amines) is 1. The summed E-state index contributed by atoms with van der Waals surface area (Å²) in [7, 11) is 1.98. The molecule has 1 aliphatic heterocycles. The Morgan fingerprint density at radius 1 is 1.40 bits per heavy atom. The van der Waals surface area contributed by atoms with Crippen LogP contribution in [0.4, 0.5) is 10.5 Å². The van der Waals surface area contributed by atoms with E-state index in [0.717, 1.165) is 29.4 Å². The minimum absolute atomic E-state index is 0.139. The molecule has 20 heavy (non-hydrogen) atoms. The van der Waals surface area contributed by atoms with Gasteiger partial charge in [-0.15, -0.1) is 0 Å². The largest absolute Gasteiger partial charge is 0.391 e. The van der Waals surface area contributed by atoms with Gasteiger partial charge in [0.25, 0.3) is 0 Å². The van der Waals surface area contributed by atoms with Crippen LogP contribution >= 0.6 is 0 Å². The van der Waals surface area contributed by atoms with Gasteiger partial charge in [-0.1, -0.05) is 6.07 Å². The minimum Gasteiger partial charge on any atom is -0.391 e. The van der Waals surface area contributed by atoms with Crippen molar-refractivity contribution in [2.75, 3.05) is 18.4 Å². The highest BCUT2D eigenvalue weighted by Gasteiger charge is 2.22. The number of anilines is 1. The molecule has 1 aliphatic rings. The Labute approximate surface area is 117 Å². The van der Waals surface area contributed by atoms with Crippen LogP contribution in [0.5, 0.6) is 0 Å². The van der Waals surface area contributed by atoms with Crippen LogP contribution in [0.2, 0.25) is 0 Å². The third kappa shape index (κ3) is 2.36. The number of carbonyl (C=O) groups excluding carboxylic acids is 1. The van der Waals surface area contributed by atoms with Gasteiger partial charge < -0.3 is 19.9 Å². The molecule has 0 aliphatic carbocycles. The Kier molecular flexibility index (Phi) is 3.36. The van der Waals surface area contributed by atoms with Crippen LogP contribution < -0.4 is 5.32 Å². The lowest BCUT2D eigenvalue weighted by atomic mass is 10.1. The zero-order valence-corrected chi connectivity index (χ0v) is 11.5. The highest BCUT2D eigenvalue weighted by atomic mass is 16.3. The number of amides is 2. The van der Waals surface area contributed by atoms with Gasteiger partial charge in [0, 0.05) is 37.2 Å². The Morgan fingerprint density at radius 3 is 3.05 bits per heavy atom. The van der Waals surface area contributed by atoms with Gasteiger partial charge in [0.15, 0.2) is 0 Å². The molecule has 106 valence electrons. The number of rotatable bonds is 1. The summed E-state index contributed by atoms with van der Waals surface area (Å²) in [5.41, 5.74) is 1.90. The molecule has 0 bridgehead atoms. The molecule has 1 aromatic heterocycles. The number of urea groups is 1. The smallest absolute Gasteiger partial charge is 0.321 e. The monoisotopic (exact) mass is 273 g/mol. The molecule has 5 heteroatoms. The number of benzene rings is 1. The number of fused-ring (bicyclic) bond motifs is 1. The summed E-state index contributed by atoms with van der Waals surface area (Å²) < 4.78 is 2.02. The molecular weight excluding hydrogens is 254 g/mol. The van der Waals surface area contributed by atoms with E-state index in [1.165, 1.54) is 0 Å². The first kappa shape index (κ1) is 13.0. The standard InChI is InChI=1S/C15H19N3O2/c1-17-9-7-12-13(5-2-6-14(12)17)16-15(20)18-8-3-4-11(19)10-18/h2,5-7,9,11,19H,3-4,8,10H2,1H3,(H,16,20)/t11-/m0/s1. The maximum atomic E-state index is 12.3. The molecule has 5 nitrogen and oxygen atoms in total. The van der Waals surface area contributed by atoms with Crippen molar-refractivity contribution in [3.05, 3.63) is 30.5 Å². The lowest BCUT2D eigenvalue weighted by molar-refractivity contribution is 0.0883. The van der Waals surface area contributed by atoms with Crippen LogP contribution in [0.1, 0.15) is 12.8 Å². The normalized spacial score (nSPS) is 19.3. The first-order valence-electron chi connectivity index (χ1n) is 6.93. The van der Waals surface area contributed by atoms with Gasteiger partial charge in [-0.25, -0.2) is 4.79 Å². The number of carbonyl (C=O) groups is 1. The average molecular weight is 273 g/mol. The first-order valence-corrected chi connectivity index (χ1v) is 6.93. The highest BCUT2D eigenvalue weighted by Crippen LogP contribution is 2.24. The van der Waals surface area contributed by atoms with E-state index in [2.05, 4.69) is 5.32 Å². The lowest BCUT2D eigenvalue weighted by Crippen LogP contribution is -2.44. The Bertz CT molecular complexity index is 635. The van der Waals surface area contributed by atoms with Crippen molar-refractivity contribution >= 4 is 22.6 Å². The fourth-order valence-electron chi connectivity index (χ4n) is 2.74. The summed E-state index contributed by atoms with van der Waals surface area (Å²) in [6.07, 6.45) is 3.20. The minimum atomic E-state index is -0.401. The number of β-amino-alcohol motifs (C(OH)–C–C–N with tert-alkyl or cyclic N) is 1. The quantitative estimate of drug-likeness (QED) is 0.836. The third-order valence-electron chi connectivity index (χ3n) is 3.85. The number of aliphatic hydroxyl groups excluding tert-OH is 1. The lowest BCUT2D eigenvalue weighted by Gasteiger charge is -2.30. The van der Waals surface area contributed by atoms with Gasteiger partial charge in [-0.05, 0) is 31.0 Å². The van der Waals surface area contributed by atoms with E-state index in [-0.39, 0.29) is 6.03 Å². The maximum absolute atomic E-state index is 12.3. The Morgan fingerprint density at radius 2 is 2.25 bits per heavy atom. The molecule has 3 rings (SSSR count). The molecule has 0 unspecified atom stereocenters. The van der Waals surface area contributed by atoms with E-state index in [4.69, 9.17) is 0 Å². The number of aryl methyl sites for hydroxylation is 1. The van der Waals surface area contributed by atoms with E-state index in [1.54, 1.807) is 4.90 Å². The van der Waals surface area contributed by atoms with Crippen molar-refractivity contribution in [3.63, 3.8) is 0 Å². The van der Waals surface area contributed by atoms with Crippen molar-refractivity contribution in [1.29, 1.82) is 0 Å². The molecule has 1 fully saturated rings. The van der Waals surface area contributed by atoms with Gasteiger partial charge in [0.1, 0.15) is 0 Å².